The zero-order chi connectivity index (χ0) is 16.7. The van der Waals surface area contributed by atoms with E-state index in [0.717, 1.165) is 0 Å². The Morgan fingerprint density at radius 2 is 1.87 bits per heavy atom. The number of carbonyl (C=O) groups excluding carboxylic acids is 2. The van der Waals surface area contributed by atoms with E-state index < -0.39 is 12.6 Å². The fourth-order valence-corrected chi connectivity index (χ4v) is 2.01. The van der Waals surface area contributed by atoms with Crippen LogP contribution in [0.1, 0.15) is 10.4 Å². The van der Waals surface area contributed by atoms with Crippen molar-refractivity contribution in [3.63, 3.8) is 0 Å². The minimum Gasteiger partial charge on any atom is -0.508 e. The van der Waals surface area contributed by atoms with Gasteiger partial charge in [-0.05, 0) is 30.3 Å². The highest BCUT2D eigenvalue weighted by Crippen LogP contribution is 2.15. The molecule has 118 valence electrons. The van der Waals surface area contributed by atoms with Crippen LogP contribution < -0.4 is 4.90 Å². The number of anilines is 1. The average Bonchev–Trinajstić information content (AvgIpc) is 2.58. The quantitative estimate of drug-likeness (QED) is 0.658. The molecule has 0 saturated heterocycles. The van der Waals surface area contributed by atoms with Gasteiger partial charge in [0.1, 0.15) is 5.75 Å². The summed E-state index contributed by atoms with van der Waals surface area (Å²) < 4.78 is 5.02. The van der Waals surface area contributed by atoms with Gasteiger partial charge in [0, 0.05) is 12.2 Å². The molecule has 0 aliphatic rings. The van der Waals surface area contributed by atoms with E-state index in [1.807, 2.05) is 18.2 Å². The zero-order valence-electron chi connectivity index (χ0n) is 12.5. The molecule has 0 atom stereocenters. The number of amides is 1. The van der Waals surface area contributed by atoms with Crippen LogP contribution in [0.15, 0.2) is 67.3 Å². The number of phenols is 1. The average molecular weight is 311 g/mol. The molecule has 0 aliphatic carbocycles. The summed E-state index contributed by atoms with van der Waals surface area (Å²) in [6.45, 7) is 3.55. The third kappa shape index (κ3) is 4.44. The Morgan fingerprint density at radius 1 is 1.13 bits per heavy atom. The highest BCUT2D eigenvalue weighted by atomic mass is 16.5. The van der Waals surface area contributed by atoms with Crippen LogP contribution in [0.2, 0.25) is 0 Å². The van der Waals surface area contributed by atoms with Crippen LogP contribution in [0.4, 0.5) is 5.69 Å². The van der Waals surface area contributed by atoms with Gasteiger partial charge >= 0.3 is 5.97 Å². The van der Waals surface area contributed by atoms with Crippen LogP contribution in [0.5, 0.6) is 5.75 Å². The second-order valence-electron chi connectivity index (χ2n) is 4.76. The first-order chi connectivity index (χ1) is 11.1. The largest absolute Gasteiger partial charge is 0.508 e. The highest BCUT2D eigenvalue weighted by molar-refractivity contribution is 5.97. The zero-order valence-corrected chi connectivity index (χ0v) is 12.5. The number of hydrogen-bond acceptors (Lipinski definition) is 4. The molecule has 1 amide bonds. The number of para-hydroxylation sites is 1. The van der Waals surface area contributed by atoms with Crippen LogP contribution >= 0.6 is 0 Å². The lowest BCUT2D eigenvalue weighted by Gasteiger charge is -2.21. The van der Waals surface area contributed by atoms with Crippen molar-refractivity contribution in [3.05, 3.63) is 72.8 Å². The lowest BCUT2D eigenvalue weighted by molar-refractivity contribution is -0.121. The molecule has 0 unspecified atom stereocenters. The summed E-state index contributed by atoms with van der Waals surface area (Å²) >= 11 is 0. The number of benzene rings is 2. The molecule has 2 aromatic rings. The van der Waals surface area contributed by atoms with Crippen molar-refractivity contribution in [1.82, 2.24) is 0 Å². The molecule has 5 nitrogen and oxygen atoms in total. The summed E-state index contributed by atoms with van der Waals surface area (Å²) in [5, 5.41) is 9.35. The monoisotopic (exact) mass is 311 g/mol. The normalized spacial score (nSPS) is 9.91. The lowest BCUT2D eigenvalue weighted by atomic mass is 10.2. The van der Waals surface area contributed by atoms with Crippen molar-refractivity contribution in [1.29, 1.82) is 0 Å². The molecule has 0 fully saturated rings. The summed E-state index contributed by atoms with van der Waals surface area (Å²) in [6.07, 6.45) is 1.60. The van der Waals surface area contributed by atoms with Crippen LogP contribution in [-0.4, -0.2) is 30.1 Å². The third-order valence-corrected chi connectivity index (χ3v) is 3.09. The Bertz CT molecular complexity index is 697. The Labute approximate surface area is 134 Å². The van der Waals surface area contributed by atoms with E-state index in [0.29, 0.717) is 12.2 Å². The van der Waals surface area contributed by atoms with Crippen molar-refractivity contribution in [2.45, 2.75) is 0 Å². The summed E-state index contributed by atoms with van der Waals surface area (Å²) in [7, 11) is 0. The van der Waals surface area contributed by atoms with Gasteiger partial charge in [0.15, 0.2) is 6.61 Å². The van der Waals surface area contributed by atoms with Crippen molar-refractivity contribution < 1.29 is 19.4 Å². The van der Waals surface area contributed by atoms with Crippen LogP contribution in [0.25, 0.3) is 0 Å². The maximum absolute atomic E-state index is 12.3. The van der Waals surface area contributed by atoms with Gasteiger partial charge in [0.25, 0.3) is 5.91 Å². The molecular formula is C18H17NO4. The summed E-state index contributed by atoms with van der Waals surface area (Å²) in [5.41, 5.74) is 0.888. The number of aromatic hydroxyl groups is 1. The second kappa shape index (κ2) is 7.79. The van der Waals surface area contributed by atoms with Gasteiger partial charge in [0.2, 0.25) is 0 Å². The van der Waals surface area contributed by atoms with Crippen molar-refractivity contribution in [2.75, 3.05) is 18.1 Å². The number of carbonyl (C=O) groups is 2. The minimum absolute atomic E-state index is 0.0386. The Hall–Kier alpha value is -3.08. The van der Waals surface area contributed by atoms with Crippen LogP contribution in [0.3, 0.4) is 0 Å². The molecule has 23 heavy (non-hydrogen) atoms. The van der Waals surface area contributed by atoms with E-state index in [4.69, 9.17) is 4.74 Å². The molecule has 0 aliphatic heterocycles. The van der Waals surface area contributed by atoms with Gasteiger partial charge in [-0.2, -0.15) is 0 Å². The number of ether oxygens (including phenoxy) is 1. The number of esters is 1. The first-order valence-corrected chi connectivity index (χ1v) is 7.04. The van der Waals surface area contributed by atoms with Crippen molar-refractivity contribution >= 4 is 17.6 Å². The van der Waals surface area contributed by atoms with E-state index in [1.165, 1.54) is 29.2 Å². The molecule has 1 N–H and O–H groups in total. The Kier molecular flexibility index (Phi) is 5.52. The predicted molar refractivity (Wildman–Crippen MR) is 87.4 cm³/mol. The number of hydrogen-bond donors (Lipinski definition) is 1. The molecule has 2 rings (SSSR count). The molecule has 5 heteroatoms. The van der Waals surface area contributed by atoms with Gasteiger partial charge in [-0.3, -0.25) is 4.79 Å². The Balaban J connectivity index is 2.02. The van der Waals surface area contributed by atoms with Gasteiger partial charge in [-0.1, -0.05) is 30.3 Å². The first-order valence-electron chi connectivity index (χ1n) is 7.04. The molecule has 2 aromatic carbocycles. The van der Waals surface area contributed by atoms with E-state index in [1.54, 1.807) is 18.2 Å². The number of phenolic OH excluding ortho intramolecular Hbond substituents is 1. The van der Waals surface area contributed by atoms with Gasteiger partial charge < -0.3 is 14.7 Å². The van der Waals surface area contributed by atoms with Gasteiger partial charge in [-0.15, -0.1) is 6.58 Å². The third-order valence-electron chi connectivity index (χ3n) is 3.09. The second-order valence-corrected chi connectivity index (χ2v) is 4.76. The van der Waals surface area contributed by atoms with Crippen LogP contribution in [0, 0.1) is 0 Å². The molecule has 0 spiro atoms. The molecule has 0 saturated carbocycles. The smallest absolute Gasteiger partial charge is 0.338 e. The van der Waals surface area contributed by atoms with Gasteiger partial charge in [-0.25, -0.2) is 4.79 Å². The van der Waals surface area contributed by atoms with E-state index >= 15 is 0 Å². The summed E-state index contributed by atoms with van der Waals surface area (Å²) in [6, 6.07) is 14.8. The topological polar surface area (TPSA) is 66.8 Å². The summed E-state index contributed by atoms with van der Waals surface area (Å²) in [5.74, 6) is -1.06. The van der Waals surface area contributed by atoms with E-state index in [2.05, 4.69) is 6.58 Å². The summed E-state index contributed by atoms with van der Waals surface area (Å²) in [4.78, 5) is 25.7. The van der Waals surface area contributed by atoms with E-state index in [-0.39, 0.29) is 17.2 Å². The van der Waals surface area contributed by atoms with Crippen molar-refractivity contribution in [2.24, 2.45) is 0 Å². The minimum atomic E-state index is -0.666. The first kappa shape index (κ1) is 16.3. The molecule has 0 heterocycles. The molecule has 0 radical (unpaired) electrons. The Morgan fingerprint density at radius 3 is 2.52 bits per heavy atom. The maximum atomic E-state index is 12.3. The molecular weight excluding hydrogens is 294 g/mol. The van der Waals surface area contributed by atoms with Gasteiger partial charge in [0.05, 0.1) is 5.56 Å². The van der Waals surface area contributed by atoms with Crippen molar-refractivity contribution in [3.8, 4) is 5.75 Å². The fraction of sp³-hybridized carbons (Fsp3) is 0.111. The predicted octanol–water partition coefficient (Wildman–Crippen LogP) is 2.77. The number of nitrogens with zero attached hydrogens (tertiary/aromatic N) is 1. The van der Waals surface area contributed by atoms with Crippen LogP contribution in [-0.2, 0) is 9.53 Å². The van der Waals surface area contributed by atoms with E-state index in [9.17, 15) is 14.7 Å². The highest BCUT2D eigenvalue weighted by Gasteiger charge is 2.17. The standard InChI is InChI=1S/C18H17NO4/c1-2-11-19(15-8-4-3-5-9-15)17(21)13-23-18(22)14-7-6-10-16(20)12-14/h2-10,12,20H,1,11,13H2. The number of rotatable bonds is 6. The lowest BCUT2D eigenvalue weighted by Crippen LogP contribution is -2.34. The maximum Gasteiger partial charge on any atom is 0.338 e. The molecule has 0 aromatic heterocycles. The molecule has 0 bridgehead atoms. The fourth-order valence-electron chi connectivity index (χ4n) is 2.01. The SMILES string of the molecule is C=CCN(C(=O)COC(=O)c1cccc(O)c1)c1ccccc1.